The largest absolute Gasteiger partial charge is 0.489 e. The van der Waals surface area contributed by atoms with Crippen molar-refractivity contribution >= 4 is 15.9 Å². The fourth-order valence-corrected chi connectivity index (χ4v) is 3.07. The molecule has 0 spiro atoms. The molecule has 0 radical (unpaired) electrons. The lowest BCUT2D eigenvalue weighted by atomic mass is 9.80. The van der Waals surface area contributed by atoms with Crippen LogP contribution in [0.4, 0.5) is 0 Å². The molecule has 0 N–H and O–H groups in total. The molecule has 0 amide bonds. The second-order valence-corrected chi connectivity index (χ2v) is 6.30. The molecule has 3 unspecified atom stereocenters. The van der Waals surface area contributed by atoms with Crippen molar-refractivity contribution in [2.75, 3.05) is 0 Å². The van der Waals surface area contributed by atoms with Gasteiger partial charge in [0.2, 0.25) is 0 Å². The van der Waals surface area contributed by atoms with E-state index < -0.39 is 0 Å². The molecule has 1 saturated carbocycles. The Bertz CT molecular complexity index is 389. The highest BCUT2D eigenvalue weighted by molar-refractivity contribution is 9.10. The van der Waals surface area contributed by atoms with Crippen molar-refractivity contribution in [1.29, 1.82) is 0 Å². The smallest absolute Gasteiger partial charge is 0.133 e. The summed E-state index contributed by atoms with van der Waals surface area (Å²) in [5.74, 6) is 2.61. The lowest BCUT2D eigenvalue weighted by Gasteiger charge is -2.32. The van der Waals surface area contributed by atoms with Crippen LogP contribution in [-0.4, -0.2) is 6.10 Å². The Kier molecular flexibility index (Phi) is 4.13. The molecule has 2 heteroatoms. The van der Waals surface area contributed by atoms with Gasteiger partial charge in [0.25, 0.3) is 0 Å². The van der Waals surface area contributed by atoms with Crippen LogP contribution >= 0.6 is 15.9 Å². The molecule has 1 aliphatic carbocycles. The third-order valence-electron chi connectivity index (χ3n) is 3.93. The number of hydrogen-bond acceptors (Lipinski definition) is 1. The molecule has 0 saturated heterocycles. The zero-order valence-electron chi connectivity index (χ0n) is 10.9. The van der Waals surface area contributed by atoms with Crippen molar-refractivity contribution in [3.63, 3.8) is 0 Å². The zero-order chi connectivity index (χ0) is 12.4. The summed E-state index contributed by atoms with van der Waals surface area (Å²) in [6, 6.07) is 6.29. The summed E-state index contributed by atoms with van der Waals surface area (Å²) in [5.41, 5.74) is 1.26. The molecule has 0 bridgehead atoms. The van der Waals surface area contributed by atoms with Gasteiger partial charge >= 0.3 is 0 Å². The quantitative estimate of drug-likeness (QED) is 0.749. The predicted octanol–water partition coefficient (Wildman–Crippen LogP) is 4.96. The summed E-state index contributed by atoms with van der Waals surface area (Å²) in [4.78, 5) is 0. The van der Waals surface area contributed by atoms with E-state index in [4.69, 9.17) is 4.74 Å². The maximum absolute atomic E-state index is 6.11. The number of benzene rings is 1. The van der Waals surface area contributed by atoms with Gasteiger partial charge in [-0.1, -0.05) is 19.9 Å². The van der Waals surface area contributed by atoms with Crippen molar-refractivity contribution in [2.24, 2.45) is 11.8 Å². The number of hydrogen-bond donors (Lipinski definition) is 0. The summed E-state index contributed by atoms with van der Waals surface area (Å²) < 4.78 is 7.19. The second-order valence-electron chi connectivity index (χ2n) is 5.44. The van der Waals surface area contributed by atoms with Gasteiger partial charge < -0.3 is 4.74 Å². The van der Waals surface area contributed by atoms with Gasteiger partial charge in [-0.2, -0.15) is 0 Å². The minimum absolute atomic E-state index is 0.389. The molecule has 94 valence electrons. The third-order valence-corrected chi connectivity index (χ3v) is 4.55. The Balaban J connectivity index is 2.01. The van der Waals surface area contributed by atoms with Crippen molar-refractivity contribution in [3.05, 3.63) is 28.2 Å². The molecule has 1 fully saturated rings. The van der Waals surface area contributed by atoms with Crippen molar-refractivity contribution in [3.8, 4) is 5.75 Å². The first-order chi connectivity index (χ1) is 8.06. The Morgan fingerprint density at radius 2 is 1.94 bits per heavy atom. The number of rotatable bonds is 2. The van der Waals surface area contributed by atoms with Gasteiger partial charge in [-0.25, -0.2) is 0 Å². The molecule has 17 heavy (non-hydrogen) atoms. The SMILES string of the molecule is Cc1ccc(OC2CCC(C)C(C)C2)c(Br)c1. The van der Waals surface area contributed by atoms with Crippen LogP contribution in [0, 0.1) is 18.8 Å². The lowest BCUT2D eigenvalue weighted by molar-refractivity contribution is 0.0999. The van der Waals surface area contributed by atoms with Crippen LogP contribution in [0.5, 0.6) is 5.75 Å². The van der Waals surface area contributed by atoms with Crippen LogP contribution in [0.25, 0.3) is 0 Å². The molecule has 0 aliphatic heterocycles. The predicted molar refractivity (Wildman–Crippen MR) is 75.5 cm³/mol. The van der Waals surface area contributed by atoms with Crippen LogP contribution in [0.3, 0.4) is 0 Å². The zero-order valence-corrected chi connectivity index (χ0v) is 12.5. The summed E-state index contributed by atoms with van der Waals surface area (Å²) in [7, 11) is 0. The first-order valence-electron chi connectivity index (χ1n) is 6.49. The molecule has 0 heterocycles. The monoisotopic (exact) mass is 296 g/mol. The van der Waals surface area contributed by atoms with Crippen LogP contribution < -0.4 is 4.74 Å². The third kappa shape index (κ3) is 3.25. The Hall–Kier alpha value is -0.500. The average Bonchev–Trinajstić information content (AvgIpc) is 2.27. The van der Waals surface area contributed by atoms with Gasteiger partial charge in [0.05, 0.1) is 10.6 Å². The normalized spacial score (nSPS) is 29.1. The molecule has 1 nitrogen and oxygen atoms in total. The van der Waals surface area contributed by atoms with Gasteiger partial charge in [0.15, 0.2) is 0 Å². The molecular formula is C15H21BrO. The van der Waals surface area contributed by atoms with E-state index in [-0.39, 0.29) is 0 Å². The summed E-state index contributed by atoms with van der Waals surface area (Å²) in [6.07, 6.45) is 4.04. The van der Waals surface area contributed by atoms with Gasteiger partial charge in [0.1, 0.15) is 5.75 Å². The Morgan fingerprint density at radius 1 is 1.18 bits per heavy atom. The van der Waals surface area contributed by atoms with E-state index >= 15 is 0 Å². The van der Waals surface area contributed by atoms with Gasteiger partial charge in [-0.05, 0) is 71.6 Å². The molecule has 2 rings (SSSR count). The summed E-state index contributed by atoms with van der Waals surface area (Å²) >= 11 is 3.58. The molecule has 1 aromatic rings. The number of aryl methyl sites for hydroxylation is 1. The number of halogens is 1. The number of ether oxygens (including phenoxy) is 1. The van der Waals surface area contributed by atoms with E-state index in [9.17, 15) is 0 Å². The van der Waals surface area contributed by atoms with Crippen LogP contribution in [0.1, 0.15) is 38.7 Å². The highest BCUT2D eigenvalue weighted by atomic mass is 79.9. The average molecular weight is 297 g/mol. The van der Waals surface area contributed by atoms with E-state index in [1.807, 2.05) is 0 Å². The molecule has 1 aromatic carbocycles. The van der Waals surface area contributed by atoms with Crippen LogP contribution in [0.15, 0.2) is 22.7 Å². The summed E-state index contributed by atoms with van der Waals surface area (Å²) in [6.45, 7) is 6.78. The fraction of sp³-hybridized carbons (Fsp3) is 0.600. The first-order valence-corrected chi connectivity index (χ1v) is 7.28. The van der Waals surface area contributed by atoms with Gasteiger partial charge in [-0.15, -0.1) is 0 Å². The maximum Gasteiger partial charge on any atom is 0.133 e. The van der Waals surface area contributed by atoms with Crippen molar-refractivity contribution in [2.45, 2.75) is 46.1 Å². The van der Waals surface area contributed by atoms with Crippen molar-refractivity contribution in [1.82, 2.24) is 0 Å². The van der Waals surface area contributed by atoms with E-state index in [1.165, 1.54) is 24.8 Å². The second kappa shape index (κ2) is 5.43. The van der Waals surface area contributed by atoms with Gasteiger partial charge in [0, 0.05) is 0 Å². The maximum atomic E-state index is 6.11. The highest BCUT2D eigenvalue weighted by Gasteiger charge is 2.26. The Morgan fingerprint density at radius 3 is 2.59 bits per heavy atom. The highest BCUT2D eigenvalue weighted by Crippen LogP contribution is 2.34. The molecule has 1 aliphatic rings. The van der Waals surface area contributed by atoms with E-state index in [1.54, 1.807) is 0 Å². The van der Waals surface area contributed by atoms with E-state index in [0.717, 1.165) is 22.1 Å². The first kappa shape index (κ1) is 12.9. The van der Waals surface area contributed by atoms with E-state index in [0.29, 0.717) is 6.10 Å². The summed E-state index contributed by atoms with van der Waals surface area (Å²) in [5, 5.41) is 0. The van der Waals surface area contributed by atoms with E-state index in [2.05, 4.69) is 54.9 Å². The standard InChI is InChI=1S/C15H21BrO/c1-10-4-7-15(14(16)8-10)17-13-6-5-11(2)12(3)9-13/h4,7-8,11-13H,5-6,9H2,1-3H3. The molecule has 3 atom stereocenters. The lowest BCUT2D eigenvalue weighted by Crippen LogP contribution is -2.28. The minimum Gasteiger partial charge on any atom is -0.489 e. The molecule has 0 aromatic heterocycles. The molecular weight excluding hydrogens is 276 g/mol. The topological polar surface area (TPSA) is 9.23 Å². The minimum atomic E-state index is 0.389. The van der Waals surface area contributed by atoms with Crippen LogP contribution in [-0.2, 0) is 0 Å². The Labute approximate surface area is 113 Å². The van der Waals surface area contributed by atoms with Crippen LogP contribution in [0.2, 0.25) is 0 Å². The van der Waals surface area contributed by atoms with Crippen molar-refractivity contribution < 1.29 is 4.74 Å². The fourth-order valence-electron chi connectivity index (χ4n) is 2.49. The van der Waals surface area contributed by atoms with Gasteiger partial charge in [-0.3, -0.25) is 0 Å².